The van der Waals surface area contributed by atoms with E-state index < -0.39 is 34.2 Å². The molecule has 0 aliphatic carbocycles. The molecule has 0 radical (unpaired) electrons. The number of carbonyl (C=O) groups excluding carboxylic acids is 1. The van der Waals surface area contributed by atoms with Crippen molar-refractivity contribution >= 4 is 21.4 Å². The number of hydrogen-bond donors (Lipinski definition) is 1. The Labute approximate surface area is 234 Å². The lowest BCUT2D eigenvalue weighted by atomic mass is 10.1. The Bertz CT molecular complexity index is 1700. The first kappa shape index (κ1) is 29.5. The number of nitrogens with two attached hydrogens (primary N) is 1. The van der Waals surface area contributed by atoms with Gasteiger partial charge in [-0.05, 0) is 68.3 Å². The summed E-state index contributed by atoms with van der Waals surface area (Å²) in [6.07, 6.45) is -3.34. The van der Waals surface area contributed by atoms with Crippen molar-refractivity contribution in [3.05, 3.63) is 83.0 Å². The topological polar surface area (TPSA) is 134 Å². The van der Waals surface area contributed by atoms with Crippen LogP contribution < -0.4 is 15.2 Å². The van der Waals surface area contributed by atoms with Crippen LogP contribution in [0.4, 0.5) is 19.0 Å². The predicted molar refractivity (Wildman–Crippen MR) is 145 cm³/mol. The van der Waals surface area contributed by atoms with Crippen LogP contribution in [0, 0.1) is 20.8 Å². The molecular weight excluding hydrogens is 561 g/mol. The van der Waals surface area contributed by atoms with Gasteiger partial charge in [-0.3, -0.25) is 4.79 Å². The number of aromatic nitrogens is 3. The number of rotatable bonds is 9. The number of halogens is 3. The third-order valence-corrected chi connectivity index (χ3v) is 7.28. The Hall–Kier alpha value is -4.52. The number of nitrogen functional groups attached to an aromatic ring is 1. The number of pyridine rings is 3. The zero-order chi connectivity index (χ0) is 29.9. The van der Waals surface area contributed by atoms with E-state index in [1.807, 2.05) is 19.1 Å². The first-order valence-corrected chi connectivity index (χ1v) is 13.8. The molecule has 1 aromatic carbocycles. The third kappa shape index (κ3) is 7.17. The van der Waals surface area contributed by atoms with Crippen LogP contribution in [0.15, 0.2) is 65.8 Å². The van der Waals surface area contributed by atoms with Crippen LogP contribution in [-0.4, -0.2) is 47.7 Å². The zero-order valence-electron chi connectivity index (χ0n) is 22.2. The zero-order valence-corrected chi connectivity index (χ0v) is 23.0. The predicted octanol–water partition coefficient (Wildman–Crippen LogP) is 5.44. The van der Waals surface area contributed by atoms with Gasteiger partial charge in [0, 0.05) is 6.20 Å². The molecule has 13 heteroatoms. The van der Waals surface area contributed by atoms with Crippen LogP contribution in [0.5, 0.6) is 17.5 Å². The highest BCUT2D eigenvalue weighted by Gasteiger charge is 2.30. The molecule has 0 saturated carbocycles. The van der Waals surface area contributed by atoms with Gasteiger partial charge in [0.15, 0.2) is 17.4 Å². The third-order valence-electron chi connectivity index (χ3n) is 5.77. The number of nitrogens with zero attached hydrogens (tertiary/aromatic N) is 3. The first-order chi connectivity index (χ1) is 19.2. The van der Waals surface area contributed by atoms with Crippen LogP contribution in [0.3, 0.4) is 0 Å². The van der Waals surface area contributed by atoms with Crippen LogP contribution in [0.1, 0.15) is 27.0 Å². The second-order valence-electron chi connectivity index (χ2n) is 9.22. The summed E-state index contributed by atoms with van der Waals surface area (Å²) in [7, 11) is -4.19. The standard InChI is InChI=1S/C28H25F3N4O5S/c1-16-12-17(2)25(18(3)13-16)40-27-20(22(36)14-41(37,38)24-8-4-7-23(32)35-24)9-10-21(34-27)19-6-5-11-33-26(19)39-15-28(29,30)31/h4-13H,14-15H2,1-3H3,(H2,32,35). The molecule has 0 unspecified atom stereocenters. The van der Waals surface area contributed by atoms with Crippen molar-refractivity contribution in [2.45, 2.75) is 32.0 Å². The van der Waals surface area contributed by atoms with Crippen molar-refractivity contribution in [2.75, 3.05) is 18.1 Å². The SMILES string of the molecule is Cc1cc(C)c(Oc2nc(-c3cccnc3OCC(F)(F)F)ccc2C(=O)CS(=O)(=O)c2cccc(N)n2)c(C)c1. The van der Waals surface area contributed by atoms with E-state index in [2.05, 4.69) is 15.0 Å². The Balaban J connectivity index is 1.79. The minimum absolute atomic E-state index is 0.0288. The maximum absolute atomic E-state index is 13.4. The number of benzene rings is 1. The number of alkyl halides is 3. The van der Waals surface area contributed by atoms with E-state index in [1.54, 1.807) is 13.8 Å². The van der Waals surface area contributed by atoms with Crippen LogP contribution in [-0.2, 0) is 9.84 Å². The molecule has 0 fully saturated rings. The summed E-state index contributed by atoms with van der Waals surface area (Å²) in [6, 6.07) is 13.3. The molecule has 0 atom stereocenters. The van der Waals surface area contributed by atoms with E-state index in [0.29, 0.717) is 5.75 Å². The average Bonchev–Trinajstić information content (AvgIpc) is 2.89. The fourth-order valence-electron chi connectivity index (χ4n) is 4.08. The second kappa shape index (κ2) is 11.5. The van der Waals surface area contributed by atoms with Crippen molar-refractivity contribution in [3.63, 3.8) is 0 Å². The molecule has 9 nitrogen and oxygen atoms in total. The molecule has 2 N–H and O–H groups in total. The van der Waals surface area contributed by atoms with Crippen molar-refractivity contribution < 1.29 is 35.9 Å². The molecule has 0 amide bonds. The maximum atomic E-state index is 13.4. The Morgan fingerprint density at radius 1 is 0.951 bits per heavy atom. The number of hydrogen-bond acceptors (Lipinski definition) is 9. The molecule has 0 aliphatic heterocycles. The van der Waals surface area contributed by atoms with Crippen LogP contribution in [0.2, 0.25) is 0 Å². The molecule has 0 bridgehead atoms. The molecule has 3 heterocycles. The molecule has 41 heavy (non-hydrogen) atoms. The van der Waals surface area contributed by atoms with Gasteiger partial charge in [-0.1, -0.05) is 23.8 Å². The smallest absolute Gasteiger partial charge is 0.422 e. The molecule has 4 rings (SSSR count). The largest absolute Gasteiger partial charge is 0.468 e. The van der Waals surface area contributed by atoms with Crippen molar-refractivity contribution in [1.82, 2.24) is 15.0 Å². The summed E-state index contributed by atoms with van der Waals surface area (Å²) < 4.78 is 75.4. The second-order valence-corrected chi connectivity index (χ2v) is 11.2. The van der Waals surface area contributed by atoms with Crippen LogP contribution in [0.25, 0.3) is 11.3 Å². The van der Waals surface area contributed by atoms with E-state index in [1.165, 1.54) is 48.7 Å². The lowest BCUT2D eigenvalue weighted by Crippen LogP contribution is -2.20. The number of anilines is 1. The summed E-state index contributed by atoms with van der Waals surface area (Å²) >= 11 is 0. The van der Waals surface area contributed by atoms with E-state index in [4.69, 9.17) is 15.2 Å². The molecule has 0 aliphatic rings. The molecule has 0 saturated heterocycles. The van der Waals surface area contributed by atoms with Gasteiger partial charge in [0.2, 0.25) is 21.6 Å². The lowest BCUT2D eigenvalue weighted by molar-refractivity contribution is -0.154. The average molecular weight is 587 g/mol. The Morgan fingerprint density at radius 3 is 2.32 bits per heavy atom. The van der Waals surface area contributed by atoms with E-state index in [9.17, 15) is 26.4 Å². The summed E-state index contributed by atoms with van der Waals surface area (Å²) in [5.74, 6) is -2.03. The normalized spacial score (nSPS) is 11.8. The maximum Gasteiger partial charge on any atom is 0.422 e. The number of Topliss-reactive ketones (excluding diaryl/α,β-unsaturated/α-hetero) is 1. The lowest BCUT2D eigenvalue weighted by Gasteiger charge is -2.16. The highest BCUT2D eigenvalue weighted by molar-refractivity contribution is 7.92. The summed E-state index contributed by atoms with van der Waals surface area (Å²) in [5.41, 5.74) is 8.05. The molecule has 0 spiro atoms. The van der Waals surface area contributed by atoms with Gasteiger partial charge < -0.3 is 15.2 Å². The highest BCUT2D eigenvalue weighted by Crippen LogP contribution is 2.35. The van der Waals surface area contributed by atoms with Crippen molar-refractivity contribution in [3.8, 4) is 28.8 Å². The number of aryl methyl sites for hydroxylation is 3. The number of carbonyl (C=O) groups is 1. The van der Waals surface area contributed by atoms with E-state index in [-0.39, 0.29) is 39.4 Å². The monoisotopic (exact) mass is 586 g/mol. The van der Waals surface area contributed by atoms with Gasteiger partial charge in [0.25, 0.3) is 0 Å². The number of ketones is 1. The summed E-state index contributed by atoms with van der Waals surface area (Å²) in [6.45, 7) is 3.91. The van der Waals surface area contributed by atoms with Gasteiger partial charge in [-0.25, -0.2) is 23.4 Å². The highest BCUT2D eigenvalue weighted by atomic mass is 32.2. The minimum Gasteiger partial charge on any atom is -0.468 e. The molecule has 4 aromatic rings. The molecule has 214 valence electrons. The number of ether oxygens (including phenoxy) is 2. The van der Waals surface area contributed by atoms with E-state index >= 15 is 0 Å². The van der Waals surface area contributed by atoms with Gasteiger partial charge >= 0.3 is 6.18 Å². The van der Waals surface area contributed by atoms with Gasteiger partial charge in [-0.15, -0.1) is 0 Å². The fraction of sp³-hybridized carbons (Fsp3) is 0.214. The Morgan fingerprint density at radius 2 is 1.66 bits per heavy atom. The minimum atomic E-state index is -4.60. The van der Waals surface area contributed by atoms with Crippen molar-refractivity contribution in [1.29, 1.82) is 0 Å². The Kier molecular flexibility index (Phi) is 8.29. The first-order valence-electron chi connectivity index (χ1n) is 12.1. The number of sulfone groups is 1. The molecular formula is C28H25F3N4O5S. The molecule has 3 aromatic heterocycles. The summed E-state index contributed by atoms with van der Waals surface area (Å²) in [5, 5.41) is -0.370. The van der Waals surface area contributed by atoms with Gasteiger partial charge in [0.05, 0.1) is 16.8 Å². The quantitative estimate of drug-likeness (QED) is 0.255. The fourth-order valence-corrected chi connectivity index (χ4v) is 5.26. The van der Waals surface area contributed by atoms with Crippen LogP contribution >= 0.6 is 0 Å². The van der Waals surface area contributed by atoms with E-state index in [0.717, 1.165) is 16.7 Å². The van der Waals surface area contributed by atoms with Gasteiger partial charge in [-0.2, -0.15) is 13.2 Å². The summed E-state index contributed by atoms with van der Waals surface area (Å²) in [4.78, 5) is 25.5. The van der Waals surface area contributed by atoms with Crippen molar-refractivity contribution in [2.24, 2.45) is 0 Å². The van der Waals surface area contributed by atoms with Gasteiger partial charge in [0.1, 0.15) is 17.3 Å².